The Morgan fingerprint density at radius 1 is 1.35 bits per heavy atom. The molecule has 5 nitrogen and oxygen atoms in total. The molecule has 3 N–H and O–H groups in total. The molecule has 0 amide bonds. The van der Waals surface area contributed by atoms with Gasteiger partial charge in [-0.2, -0.15) is 5.10 Å². The molecule has 0 unspecified atom stereocenters. The number of oxazole rings is 1. The van der Waals surface area contributed by atoms with Gasteiger partial charge >= 0.3 is 0 Å². The van der Waals surface area contributed by atoms with Crippen molar-refractivity contribution in [2.24, 2.45) is 0 Å². The first-order valence-electron chi connectivity index (χ1n) is 4.70. The molecule has 2 aromatic heterocycles. The Hall–Kier alpha value is -2.08. The maximum absolute atomic E-state index is 13.1. The van der Waals surface area contributed by atoms with E-state index in [2.05, 4.69) is 15.2 Å². The molecular weight excluding hydrogens is 247 g/mol. The van der Waals surface area contributed by atoms with Gasteiger partial charge < -0.3 is 10.2 Å². The first-order valence-corrected chi connectivity index (χ1v) is 5.08. The Kier molecular flexibility index (Phi) is 2.05. The highest BCUT2D eigenvalue weighted by molar-refractivity contribution is 6.34. The SMILES string of the molecule is Nc1cc(-c2nc3cc(F)cc(Cl)c3o2)[nH]n1. The molecule has 2 heterocycles. The highest BCUT2D eigenvalue weighted by Crippen LogP contribution is 2.29. The maximum atomic E-state index is 13.1. The summed E-state index contributed by atoms with van der Waals surface area (Å²) in [5.74, 6) is 0.114. The average Bonchev–Trinajstić information content (AvgIpc) is 2.83. The van der Waals surface area contributed by atoms with Gasteiger partial charge in [0, 0.05) is 12.1 Å². The average molecular weight is 253 g/mol. The molecule has 0 aliphatic carbocycles. The zero-order valence-corrected chi connectivity index (χ0v) is 9.12. The van der Waals surface area contributed by atoms with Crippen molar-refractivity contribution in [3.63, 3.8) is 0 Å². The van der Waals surface area contributed by atoms with Crippen molar-refractivity contribution in [2.75, 3.05) is 5.73 Å². The van der Waals surface area contributed by atoms with Gasteiger partial charge in [-0.3, -0.25) is 5.10 Å². The third-order valence-electron chi connectivity index (χ3n) is 2.24. The van der Waals surface area contributed by atoms with E-state index in [4.69, 9.17) is 21.8 Å². The van der Waals surface area contributed by atoms with Crippen LogP contribution in [0, 0.1) is 5.82 Å². The van der Waals surface area contributed by atoms with Crippen LogP contribution in [-0.2, 0) is 0 Å². The lowest BCUT2D eigenvalue weighted by Crippen LogP contribution is -1.81. The number of anilines is 1. The van der Waals surface area contributed by atoms with Crippen molar-refractivity contribution in [3.05, 3.63) is 29.0 Å². The summed E-state index contributed by atoms with van der Waals surface area (Å²) in [4.78, 5) is 4.10. The van der Waals surface area contributed by atoms with E-state index in [0.717, 1.165) is 0 Å². The van der Waals surface area contributed by atoms with Crippen LogP contribution in [0.2, 0.25) is 5.02 Å². The van der Waals surface area contributed by atoms with Crippen molar-refractivity contribution in [2.45, 2.75) is 0 Å². The number of nitrogens with two attached hydrogens (primary N) is 1. The van der Waals surface area contributed by atoms with Crippen LogP contribution < -0.4 is 5.73 Å². The number of halogens is 2. The van der Waals surface area contributed by atoms with Crippen LogP contribution in [-0.4, -0.2) is 15.2 Å². The van der Waals surface area contributed by atoms with Crippen LogP contribution in [0.15, 0.2) is 22.6 Å². The van der Waals surface area contributed by atoms with Gasteiger partial charge in [0.2, 0.25) is 5.89 Å². The normalized spacial score (nSPS) is 11.2. The molecule has 0 fully saturated rings. The minimum atomic E-state index is -0.466. The number of nitrogen functional groups attached to an aromatic ring is 1. The lowest BCUT2D eigenvalue weighted by molar-refractivity contribution is 0.611. The summed E-state index contributed by atoms with van der Waals surface area (Å²) >= 11 is 5.84. The number of benzene rings is 1. The summed E-state index contributed by atoms with van der Waals surface area (Å²) in [5.41, 5.74) is 6.65. The Labute approximate surface area is 99.4 Å². The summed E-state index contributed by atoms with van der Waals surface area (Å²) in [6, 6.07) is 3.98. The highest BCUT2D eigenvalue weighted by Gasteiger charge is 2.13. The summed E-state index contributed by atoms with van der Waals surface area (Å²) in [7, 11) is 0. The van der Waals surface area contributed by atoms with E-state index in [9.17, 15) is 4.39 Å². The molecule has 3 rings (SSSR count). The number of nitrogens with zero attached hydrogens (tertiary/aromatic N) is 2. The molecule has 0 radical (unpaired) electrons. The number of rotatable bonds is 1. The molecule has 1 aromatic carbocycles. The molecule has 0 saturated carbocycles. The van der Waals surface area contributed by atoms with E-state index in [0.29, 0.717) is 22.6 Å². The fourth-order valence-corrected chi connectivity index (χ4v) is 1.76. The van der Waals surface area contributed by atoms with Crippen molar-refractivity contribution in [1.29, 1.82) is 0 Å². The van der Waals surface area contributed by atoms with E-state index in [-0.39, 0.29) is 10.9 Å². The predicted molar refractivity (Wildman–Crippen MR) is 61.0 cm³/mol. The second-order valence-electron chi connectivity index (χ2n) is 3.46. The third kappa shape index (κ3) is 1.62. The molecule has 3 aromatic rings. The van der Waals surface area contributed by atoms with E-state index in [1.165, 1.54) is 12.1 Å². The van der Waals surface area contributed by atoms with Crippen LogP contribution in [0.5, 0.6) is 0 Å². The van der Waals surface area contributed by atoms with E-state index >= 15 is 0 Å². The molecule has 0 bridgehead atoms. The number of nitrogens with one attached hydrogen (secondary N) is 1. The van der Waals surface area contributed by atoms with Gasteiger partial charge in [0.05, 0.1) is 5.02 Å². The predicted octanol–water partition coefficient (Wildman–Crippen LogP) is 2.59. The first kappa shape index (κ1) is 10.1. The molecule has 0 atom stereocenters. The van der Waals surface area contributed by atoms with Gasteiger partial charge in [-0.1, -0.05) is 11.6 Å². The number of H-pyrrole nitrogens is 1. The molecule has 0 spiro atoms. The van der Waals surface area contributed by atoms with Gasteiger partial charge in [0.1, 0.15) is 22.8 Å². The number of hydrogen-bond donors (Lipinski definition) is 2. The summed E-state index contributed by atoms with van der Waals surface area (Å²) < 4.78 is 18.5. The van der Waals surface area contributed by atoms with Crippen LogP contribution in [0.3, 0.4) is 0 Å². The van der Waals surface area contributed by atoms with Gasteiger partial charge in [-0.05, 0) is 6.07 Å². The number of aromatic nitrogens is 3. The zero-order valence-electron chi connectivity index (χ0n) is 8.37. The Bertz CT molecular complexity index is 705. The topological polar surface area (TPSA) is 80.7 Å². The molecule has 0 saturated heterocycles. The quantitative estimate of drug-likeness (QED) is 0.697. The standard InChI is InChI=1S/C10H6ClFN4O/c11-5-1-4(12)2-6-9(5)17-10(14-6)7-3-8(13)16-15-7/h1-3H,(H3,13,15,16). The highest BCUT2D eigenvalue weighted by atomic mass is 35.5. The minimum Gasteiger partial charge on any atom is -0.433 e. The number of fused-ring (bicyclic) bond motifs is 1. The van der Waals surface area contributed by atoms with Crippen molar-refractivity contribution in [1.82, 2.24) is 15.2 Å². The molecule has 0 aliphatic rings. The van der Waals surface area contributed by atoms with Crippen LogP contribution in [0.1, 0.15) is 0 Å². The van der Waals surface area contributed by atoms with E-state index in [1.807, 2.05) is 0 Å². The van der Waals surface area contributed by atoms with Gasteiger partial charge in [-0.25, -0.2) is 9.37 Å². The monoisotopic (exact) mass is 252 g/mol. The second-order valence-corrected chi connectivity index (χ2v) is 3.87. The summed E-state index contributed by atoms with van der Waals surface area (Å²) in [6.45, 7) is 0. The van der Waals surface area contributed by atoms with Gasteiger partial charge in [0.15, 0.2) is 5.58 Å². The smallest absolute Gasteiger partial charge is 0.245 e. The summed E-state index contributed by atoms with van der Waals surface area (Å²) in [5, 5.41) is 6.57. The third-order valence-corrected chi connectivity index (χ3v) is 2.52. The molecule has 17 heavy (non-hydrogen) atoms. The maximum Gasteiger partial charge on any atom is 0.245 e. The molecule has 86 valence electrons. The fourth-order valence-electron chi connectivity index (χ4n) is 1.52. The van der Waals surface area contributed by atoms with E-state index < -0.39 is 5.82 Å². The van der Waals surface area contributed by atoms with Crippen molar-refractivity contribution >= 4 is 28.5 Å². The minimum absolute atomic E-state index is 0.172. The lowest BCUT2D eigenvalue weighted by atomic mass is 10.3. The number of aromatic amines is 1. The van der Waals surface area contributed by atoms with Gasteiger partial charge in [-0.15, -0.1) is 0 Å². The Morgan fingerprint density at radius 2 is 2.18 bits per heavy atom. The van der Waals surface area contributed by atoms with Crippen molar-refractivity contribution < 1.29 is 8.81 Å². The molecule has 7 heteroatoms. The van der Waals surface area contributed by atoms with Gasteiger partial charge in [0.25, 0.3) is 0 Å². The summed E-state index contributed by atoms with van der Waals surface area (Å²) in [6.07, 6.45) is 0. The van der Waals surface area contributed by atoms with Crippen molar-refractivity contribution in [3.8, 4) is 11.6 Å². The Morgan fingerprint density at radius 3 is 2.88 bits per heavy atom. The second kappa shape index (κ2) is 3.46. The Balaban J connectivity index is 2.23. The largest absolute Gasteiger partial charge is 0.433 e. The number of hydrogen-bond acceptors (Lipinski definition) is 4. The van der Waals surface area contributed by atoms with Crippen LogP contribution >= 0.6 is 11.6 Å². The lowest BCUT2D eigenvalue weighted by Gasteiger charge is -1.90. The molecular formula is C10H6ClFN4O. The van der Waals surface area contributed by atoms with E-state index in [1.54, 1.807) is 6.07 Å². The first-order chi connectivity index (χ1) is 8.13. The molecule has 0 aliphatic heterocycles. The fraction of sp³-hybridized carbons (Fsp3) is 0. The zero-order chi connectivity index (χ0) is 12.0. The van der Waals surface area contributed by atoms with Crippen LogP contribution in [0.4, 0.5) is 10.2 Å². The van der Waals surface area contributed by atoms with Crippen LogP contribution in [0.25, 0.3) is 22.7 Å².